The minimum atomic E-state index is 0.591. The van der Waals surface area contributed by atoms with Gasteiger partial charge in [-0.05, 0) is 29.7 Å². The van der Waals surface area contributed by atoms with Crippen molar-refractivity contribution in [3.8, 4) is 6.07 Å². The van der Waals surface area contributed by atoms with Gasteiger partial charge in [0.1, 0.15) is 0 Å². The predicted molar refractivity (Wildman–Crippen MR) is 50.4 cm³/mol. The summed E-state index contributed by atoms with van der Waals surface area (Å²) in [6.07, 6.45) is 5.79. The number of hydrogen-bond donors (Lipinski definition) is 0. The van der Waals surface area contributed by atoms with Crippen LogP contribution in [0, 0.1) is 11.3 Å². The maximum absolute atomic E-state index is 8.77. The maximum atomic E-state index is 8.77. The van der Waals surface area contributed by atoms with Gasteiger partial charge in [-0.1, -0.05) is 18.2 Å². The van der Waals surface area contributed by atoms with Crippen LogP contribution in [-0.4, -0.2) is 0 Å². The Balaban J connectivity index is 2.21. The van der Waals surface area contributed by atoms with Gasteiger partial charge in [-0.3, -0.25) is 0 Å². The van der Waals surface area contributed by atoms with Crippen LogP contribution in [0.25, 0.3) is 0 Å². The minimum absolute atomic E-state index is 0.591. The largest absolute Gasteiger partial charge is 0.192 e. The summed E-state index contributed by atoms with van der Waals surface area (Å²) >= 11 is 0. The van der Waals surface area contributed by atoms with Crippen LogP contribution in [-0.2, 0) is 0 Å². The van der Waals surface area contributed by atoms with Crippen LogP contribution in [0.2, 0.25) is 0 Å². The molecule has 0 aromatic heterocycles. The van der Waals surface area contributed by atoms with Gasteiger partial charge in [-0.15, -0.1) is 0 Å². The molecule has 0 fully saturated rings. The standard InChI is InChI=1S/C12H9N/c13-7-8-1-4-11-9-2-3-10(6-9)12(11)5-8/h1-5,9-10H,6H2. The fourth-order valence-electron chi connectivity index (χ4n) is 2.46. The number of nitriles is 1. The Morgan fingerprint density at radius 3 is 2.69 bits per heavy atom. The average molecular weight is 167 g/mol. The highest BCUT2D eigenvalue weighted by molar-refractivity contribution is 5.51. The van der Waals surface area contributed by atoms with Crippen molar-refractivity contribution in [1.29, 1.82) is 5.26 Å². The lowest BCUT2D eigenvalue weighted by molar-refractivity contribution is 0.804. The van der Waals surface area contributed by atoms with Crippen LogP contribution in [0.3, 0.4) is 0 Å². The molecular weight excluding hydrogens is 158 g/mol. The van der Waals surface area contributed by atoms with Gasteiger partial charge in [0.15, 0.2) is 0 Å². The molecule has 0 heterocycles. The lowest BCUT2D eigenvalue weighted by atomic mass is 9.95. The molecule has 0 aliphatic heterocycles. The van der Waals surface area contributed by atoms with E-state index in [2.05, 4.69) is 24.3 Å². The molecule has 0 saturated heterocycles. The molecule has 0 spiro atoms. The number of nitrogens with zero attached hydrogens (tertiary/aromatic N) is 1. The normalized spacial score (nSPS) is 27.3. The van der Waals surface area contributed by atoms with Crippen LogP contribution in [0.1, 0.15) is 34.9 Å². The third kappa shape index (κ3) is 0.805. The van der Waals surface area contributed by atoms with Crippen LogP contribution in [0.15, 0.2) is 30.4 Å². The molecule has 2 aliphatic carbocycles. The molecule has 1 aromatic carbocycles. The second-order valence-electron chi connectivity index (χ2n) is 3.79. The zero-order valence-corrected chi connectivity index (χ0v) is 7.20. The molecule has 1 heteroatoms. The SMILES string of the molecule is N#Cc1ccc2c(c1)C1C=CC2C1. The number of fused-ring (bicyclic) bond motifs is 5. The van der Waals surface area contributed by atoms with Crippen molar-refractivity contribution < 1.29 is 0 Å². The van der Waals surface area contributed by atoms with Crippen molar-refractivity contribution in [2.24, 2.45) is 0 Å². The van der Waals surface area contributed by atoms with E-state index >= 15 is 0 Å². The van der Waals surface area contributed by atoms with Crippen molar-refractivity contribution in [3.63, 3.8) is 0 Å². The Kier molecular flexibility index (Phi) is 1.19. The minimum Gasteiger partial charge on any atom is -0.192 e. The van der Waals surface area contributed by atoms with E-state index < -0.39 is 0 Å². The summed E-state index contributed by atoms with van der Waals surface area (Å²) in [4.78, 5) is 0. The summed E-state index contributed by atoms with van der Waals surface area (Å²) in [7, 11) is 0. The number of hydrogen-bond acceptors (Lipinski definition) is 1. The summed E-state index contributed by atoms with van der Waals surface area (Å²) in [6, 6.07) is 8.27. The van der Waals surface area contributed by atoms with Crippen molar-refractivity contribution in [1.82, 2.24) is 0 Å². The van der Waals surface area contributed by atoms with E-state index in [9.17, 15) is 0 Å². The Morgan fingerprint density at radius 2 is 1.92 bits per heavy atom. The summed E-state index contributed by atoms with van der Waals surface area (Å²) in [6.45, 7) is 0. The van der Waals surface area contributed by atoms with Crippen LogP contribution < -0.4 is 0 Å². The summed E-state index contributed by atoms with van der Waals surface area (Å²) in [5.74, 6) is 1.22. The van der Waals surface area contributed by atoms with E-state index in [-0.39, 0.29) is 0 Å². The van der Waals surface area contributed by atoms with E-state index in [4.69, 9.17) is 5.26 Å². The maximum Gasteiger partial charge on any atom is 0.0991 e. The number of benzene rings is 1. The molecule has 2 bridgehead atoms. The molecular formula is C12H9N. The van der Waals surface area contributed by atoms with Crippen LogP contribution >= 0.6 is 0 Å². The molecule has 13 heavy (non-hydrogen) atoms. The molecule has 0 amide bonds. The van der Waals surface area contributed by atoms with Crippen molar-refractivity contribution in [2.75, 3.05) is 0 Å². The molecule has 1 nitrogen and oxygen atoms in total. The highest BCUT2D eigenvalue weighted by Gasteiger charge is 2.32. The van der Waals surface area contributed by atoms with E-state index in [0.717, 1.165) is 5.56 Å². The van der Waals surface area contributed by atoms with Crippen LogP contribution in [0.5, 0.6) is 0 Å². The third-order valence-electron chi connectivity index (χ3n) is 3.10. The fourth-order valence-corrected chi connectivity index (χ4v) is 2.46. The molecule has 1 aromatic rings. The zero-order chi connectivity index (χ0) is 8.84. The Hall–Kier alpha value is -1.55. The summed E-state index contributed by atoms with van der Waals surface area (Å²) in [5, 5.41) is 8.77. The van der Waals surface area contributed by atoms with E-state index in [1.54, 1.807) is 0 Å². The molecule has 2 atom stereocenters. The van der Waals surface area contributed by atoms with E-state index in [1.807, 2.05) is 12.1 Å². The first-order chi connectivity index (χ1) is 6.38. The third-order valence-corrected chi connectivity index (χ3v) is 3.10. The topological polar surface area (TPSA) is 23.8 Å². The molecule has 0 radical (unpaired) electrons. The second kappa shape index (κ2) is 2.23. The second-order valence-corrected chi connectivity index (χ2v) is 3.79. The lowest BCUT2D eigenvalue weighted by Crippen LogP contribution is -1.92. The highest BCUT2D eigenvalue weighted by Crippen LogP contribution is 2.48. The van der Waals surface area contributed by atoms with Crippen LogP contribution in [0.4, 0.5) is 0 Å². The molecule has 62 valence electrons. The molecule has 0 saturated carbocycles. The Labute approximate surface area is 77.3 Å². The smallest absolute Gasteiger partial charge is 0.0991 e. The molecule has 2 aliphatic rings. The first-order valence-corrected chi connectivity index (χ1v) is 4.61. The zero-order valence-electron chi connectivity index (χ0n) is 7.20. The summed E-state index contributed by atoms with van der Waals surface area (Å²) in [5.41, 5.74) is 3.61. The Bertz CT molecular complexity index is 437. The van der Waals surface area contributed by atoms with Crippen molar-refractivity contribution >= 4 is 0 Å². The highest BCUT2D eigenvalue weighted by atomic mass is 14.4. The first-order valence-electron chi connectivity index (χ1n) is 4.61. The average Bonchev–Trinajstić information content (AvgIpc) is 2.77. The van der Waals surface area contributed by atoms with Gasteiger partial charge in [0, 0.05) is 11.8 Å². The number of allylic oxidation sites excluding steroid dienone is 2. The van der Waals surface area contributed by atoms with Gasteiger partial charge >= 0.3 is 0 Å². The Morgan fingerprint density at radius 1 is 1.15 bits per heavy atom. The first kappa shape index (κ1) is 6.91. The van der Waals surface area contributed by atoms with Crippen molar-refractivity contribution in [2.45, 2.75) is 18.3 Å². The fraction of sp³-hybridized carbons (Fsp3) is 0.250. The number of rotatable bonds is 0. The van der Waals surface area contributed by atoms with Gasteiger partial charge in [0.2, 0.25) is 0 Å². The van der Waals surface area contributed by atoms with E-state index in [1.165, 1.54) is 17.5 Å². The monoisotopic (exact) mass is 167 g/mol. The molecule has 0 N–H and O–H groups in total. The predicted octanol–water partition coefficient (Wildman–Crippen LogP) is 2.70. The van der Waals surface area contributed by atoms with Crippen molar-refractivity contribution in [3.05, 3.63) is 47.0 Å². The van der Waals surface area contributed by atoms with Gasteiger partial charge in [0.05, 0.1) is 11.6 Å². The van der Waals surface area contributed by atoms with E-state index in [0.29, 0.717) is 11.8 Å². The lowest BCUT2D eigenvalue weighted by Gasteiger charge is -2.09. The summed E-state index contributed by atoms with van der Waals surface area (Å²) < 4.78 is 0. The quantitative estimate of drug-likeness (QED) is 0.545. The molecule has 3 rings (SSSR count). The van der Waals surface area contributed by atoms with Gasteiger partial charge in [-0.2, -0.15) is 5.26 Å². The molecule has 2 unspecified atom stereocenters. The van der Waals surface area contributed by atoms with Gasteiger partial charge in [0.25, 0.3) is 0 Å². The van der Waals surface area contributed by atoms with Gasteiger partial charge < -0.3 is 0 Å². The van der Waals surface area contributed by atoms with Gasteiger partial charge in [-0.25, -0.2) is 0 Å².